The van der Waals surface area contributed by atoms with Crippen molar-refractivity contribution in [3.63, 3.8) is 0 Å². The lowest BCUT2D eigenvalue weighted by molar-refractivity contribution is 0.569. The second kappa shape index (κ2) is 4.95. The van der Waals surface area contributed by atoms with Crippen molar-refractivity contribution < 1.29 is 4.42 Å². The van der Waals surface area contributed by atoms with Gasteiger partial charge in [0.25, 0.3) is 0 Å². The average molecular weight is 301 g/mol. The van der Waals surface area contributed by atoms with Gasteiger partial charge < -0.3 is 4.42 Å². The second-order valence-corrected chi connectivity index (χ2v) is 6.94. The van der Waals surface area contributed by atoms with Crippen molar-refractivity contribution in [2.75, 3.05) is 0 Å². The topological polar surface area (TPSA) is 26.0 Å². The molecule has 0 saturated carbocycles. The van der Waals surface area contributed by atoms with Crippen molar-refractivity contribution in [1.82, 2.24) is 4.98 Å². The normalized spacial score (nSPS) is 12.1. The van der Waals surface area contributed by atoms with Gasteiger partial charge in [0.1, 0.15) is 11.2 Å². The lowest BCUT2D eigenvalue weighted by atomic mass is 9.91. The van der Waals surface area contributed by atoms with Crippen molar-refractivity contribution in [2.24, 2.45) is 0 Å². The smallest absolute Gasteiger partial charge is 0.144 e. The summed E-state index contributed by atoms with van der Waals surface area (Å²) < 4.78 is 6.12. The summed E-state index contributed by atoms with van der Waals surface area (Å²) in [7, 11) is 0. The monoisotopic (exact) mass is 301 g/mol. The summed E-state index contributed by atoms with van der Waals surface area (Å²) in [6.45, 7) is 6.54. The van der Waals surface area contributed by atoms with Gasteiger partial charge in [-0.3, -0.25) is 4.98 Å². The molecule has 0 N–H and O–H groups in total. The highest BCUT2D eigenvalue weighted by molar-refractivity contribution is 6.09. The SMILES string of the molecule is CC(C)(C)c1cccc(-c2cccc3c2oc2ccccc23)n1. The van der Waals surface area contributed by atoms with E-state index in [1.807, 2.05) is 18.2 Å². The van der Waals surface area contributed by atoms with E-state index in [1.165, 1.54) is 0 Å². The number of hydrogen-bond donors (Lipinski definition) is 0. The number of pyridine rings is 1. The zero-order chi connectivity index (χ0) is 16.0. The van der Waals surface area contributed by atoms with Crippen LogP contribution in [0, 0.1) is 0 Å². The fourth-order valence-corrected chi connectivity index (χ4v) is 2.95. The van der Waals surface area contributed by atoms with Crippen LogP contribution in [0.15, 0.2) is 65.1 Å². The van der Waals surface area contributed by atoms with Gasteiger partial charge >= 0.3 is 0 Å². The Morgan fingerprint density at radius 1 is 0.783 bits per heavy atom. The summed E-state index contributed by atoms with van der Waals surface area (Å²) in [5.41, 5.74) is 4.95. The van der Waals surface area contributed by atoms with Crippen LogP contribution in [-0.4, -0.2) is 4.98 Å². The first-order chi connectivity index (χ1) is 11.0. The first-order valence-electron chi connectivity index (χ1n) is 7.92. The molecule has 4 aromatic rings. The molecule has 0 saturated heterocycles. The number of benzene rings is 2. The molecule has 23 heavy (non-hydrogen) atoms. The molecular weight excluding hydrogens is 282 g/mol. The van der Waals surface area contributed by atoms with E-state index in [-0.39, 0.29) is 5.41 Å². The van der Waals surface area contributed by atoms with Crippen molar-refractivity contribution >= 4 is 21.9 Å². The van der Waals surface area contributed by atoms with Gasteiger partial charge in [0.05, 0.1) is 5.69 Å². The molecule has 0 amide bonds. The maximum atomic E-state index is 6.12. The third-order valence-corrected chi connectivity index (χ3v) is 4.20. The third kappa shape index (κ3) is 2.31. The minimum Gasteiger partial charge on any atom is -0.455 e. The molecule has 0 spiro atoms. The molecule has 0 aliphatic heterocycles. The summed E-state index contributed by atoms with van der Waals surface area (Å²) in [4.78, 5) is 4.87. The van der Waals surface area contributed by atoms with Crippen LogP contribution in [0.5, 0.6) is 0 Å². The van der Waals surface area contributed by atoms with Crippen molar-refractivity contribution in [2.45, 2.75) is 26.2 Å². The molecule has 2 nitrogen and oxygen atoms in total. The lowest BCUT2D eigenvalue weighted by Crippen LogP contribution is -2.13. The number of aromatic nitrogens is 1. The fourth-order valence-electron chi connectivity index (χ4n) is 2.95. The molecule has 2 heterocycles. The zero-order valence-electron chi connectivity index (χ0n) is 13.6. The summed E-state index contributed by atoms with van der Waals surface area (Å²) in [5.74, 6) is 0. The quantitative estimate of drug-likeness (QED) is 0.434. The summed E-state index contributed by atoms with van der Waals surface area (Å²) in [6, 6.07) is 20.6. The van der Waals surface area contributed by atoms with Crippen LogP contribution in [0.1, 0.15) is 26.5 Å². The summed E-state index contributed by atoms with van der Waals surface area (Å²) >= 11 is 0. The highest BCUT2D eigenvalue weighted by Gasteiger charge is 2.17. The van der Waals surface area contributed by atoms with Crippen LogP contribution >= 0.6 is 0 Å². The number of rotatable bonds is 1. The first-order valence-corrected chi connectivity index (χ1v) is 7.92. The van der Waals surface area contributed by atoms with E-state index in [9.17, 15) is 0 Å². The molecule has 4 rings (SSSR count). The van der Waals surface area contributed by atoms with Crippen LogP contribution in [0.4, 0.5) is 0 Å². The zero-order valence-corrected chi connectivity index (χ0v) is 13.6. The standard InChI is InChI=1S/C21H19NO/c1-21(2,3)19-13-7-11-17(22-19)16-10-6-9-15-14-8-4-5-12-18(14)23-20(15)16/h4-13H,1-3H3. The highest BCUT2D eigenvalue weighted by Crippen LogP contribution is 2.35. The van der Waals surface area contributed by atoms with E-state index in [0.717, 1.165) is 38.9 Å². The number of para-hydroxylation sites is 2. The van der Waals surface area contributed by atoms with Crippen LogP contribution in [0.2, 0.25) is 0 Å². The summed E-state index contributed by atoms with van der Waals surface area (Å²) in [5, 5.41) is 2.29. The fraction of sp³-hybridized carbons (Fsp3) is 0.190. The van der Waals surface area contributed by atoms with Crippen LogP contribution in [0.25, 0.3) is 33.2 Å². The lowest BCUT2D eigenvalue weighted by Gasteiger charge is -2.18. The molecule has 2 aromatic heterocycles. The Hall–Kier alpha value is -2.61. The van der Waals surface area contributed by atoms with Crippen LogP contribution in [0.3, 0.4) is 0 Å². The maximum absolute atomic E-state index is 6.12. The molecule has 2 heteroatoms. The Bertz CT molecular complexity index is 1010. The van der Waals surface area contributed by atoms with E-state index >= 15 is 0 Å². The van der Waals surface area contributed by atoms with E-state index < -0.39 is 0 Å². The molecule has 0 radical (unpaired) electrons. The van der Waals surface area contributed by atoms with E-state index in [0.29, 0.717) is 0 Å². The van der Waals surface area contributed by atoms with Gasteiger partial charge in [0.15, 0.2) is 0 Å². The predicted octanol–water partition coefficient (Wildman–Crippen LogP) is 5.95. The predicted molar refractivity (Wildman–Crippen MR) is 95.7 cm³/mol. The Labute approximate surface area is 135 Å². The molecule has 2 aromatic carbocycles. The maximum Gasteiger partial charge on any atom is 0.144 e. The van der Waals surface area contributed by atoms with Crippen LogP contribution in [-0.2, 0) is 5.41 Å². The van der Waals surface area contributed by atoms with Gasteiger partial charge in [-0.15, -0.1) is 0 Å². The molecule has 0 aliphatic rings. The Morgan fingerprint density at radius 2 is 1.52 bits per heavy atom. The van der Waals surface area contributed by atoms with Gasteiger partial charge in [-0.1, -0.05) is 57.2 Å². The Kier molecular flexibility index (Phi) is 3.02. The Morgan fingerprint density at radius 3 is 2.35 bits per heavy atom. The average Bonchev–Trinajstić information content (AvgIpc) is 2.93. The van der Waals surface area contributed by atoms with Gasteiger partial charge in [-0.2, -0.15) is 0 Å². The molecule has 0 atom stereocenters. The minimum absolute atomic E-state index is 0.0256. The van der Waals surface area contributed by atoms with Crippen molar-refractivity contribution in [3.8, 4) is 11.3 Å². The summed E-state index contributed by atoms with van der Waals surface area (Å²) in [6.07, 6.45) is 0. The first kappa shape index (κ1) is 14.0. The number of fused-ring (bicyclic) bond motifs is 3. The molecule has 0 aliphatic carbocycles. The van der Waals surface area contributed by atoms with Crippen LogP contribution < -0.4 is 0 Å². The number of furan rings is 1. The van der Waals surface area contributed by atoms with E-state index in [4.69, 9.17) is 9.40 Å². The molecule has 0 unspecified atom stereocenters. The Balaban J connectivity index is 1.99. The largest absolute Gasteiger partial charge is 0.455 e. The van der Waals surface area contributed by atoms with Gasteiger partial charge in [0, 0.05) is 27.4 Å². The van der Waals surface area contributed by atoms with E-state index in [2.05, 4.69) is 63.2 Å². The molecule has 0 fully saturated rings. The second-order valence-electron chi connectivity index (χ2n) is 6.94. The van der Waals surface area contributed by atoms with Crippen molar-refractivity contribution in [1.29, 1.82) is 0 Å². The minimum atomic E-state index is 0.0256. The van der Waals surface area contributed by atoms with Crippen molar-refractivity contribution in [3.05, 3.63) is 66.4 Å². The number of hydrogen-bond acceptors (Lipinski definition) is 2. The van der Waals surface area contributed by atoms with Gasteiger partial charge in [0.2, 0.25) is 0 Å². The molecular formula is C21H19NO. The molecule has 114 valence electrons. The van der Waals surface area contributed by atoms with E-state index in [1.54, 1.807) is 0 Å². The highest BCUT2D eigenvalue weighted by atomic mass is 16.3. The molecule has 0 bridgehead atoms. The van der Waals surface area contributed by atoms with Gasteiger partial charge in [-0.05, 0) is 24.3 Å². The van der Waals surface area contributed by atoms with Gasteiger partial charge in [-0.25, -0.2) is 0 Å². The number of nitrogens with zero attached hydrogens (tertiary/aromatic N) is 1. The third-order valence-electron chi connectivity index (χ3n) is 4.20.